The summed E-state index contributed by atoms with van der Waals surface area (Å²) in [5, 5.41) is 12.5. The molecule has 0 aliphatic heterocycles. The van der Waals surface area contributed by atoms with Gasteiger partial charge in [0.05, 0.1) is 27.9 Å². The van der Waals surface area contributed by atoms with Gasteiger partial charge < -0.3 is 24.6 Å². The predicted molar refractivity (Wildman–Crippen MR) is 74.1 cm³/mol. The first kappa shape index (κ1) is 15.6. The number of aliphatic hydroxyl groups is 1. The number of ether oxygens (including phenoxy) is 3. The van der Waals surface area contributed by atoms with Gasteiger partial charge in [-0.3, -0.25) is 0 Å². The summed E-state index contributed by atoms with van der Waals surface area (Å²) < 4.78 is 16.0. The maximum Gasteiger partial charge on any atom is 0.203 e. The molecule has 0 bridgehead atoms. The van der Waals surface area contributed by atoms with Gasteiger partial charge in [-0.25, -0.2) is 0 Å². The summed E-state index contributed by atoms with van der Waals surface area (Å²) in [6.45, 7) is 4.49. The van der Waals surface area contributed by atoms with Gasteiger partial charge in [0.1, 0.15) is 0 Å². The summed E-state index contributed by atoms with van der Waals surface area (Å²) in [6, 6.07) is 3.75. The fraction of sp³-hybridized carbons (Fsp3) is 0.571. The molecule has 0 unspecified atom stereocenters. The van der Waals surface area contributed by atoms with Crippen LogP contribution in [-0.4, -0.2) is 38.6 Å². The molecule has 2 N–H and O–H groups in total. The number of rotatable bonds is 7. The highest BCUT2D eigenvalue weighted by Gasteiger charge is 2.19. The van der Waals surface area contributed by atoms with Crippen LogP contribution in [0.5, 0.6) is 17.2 Å². The molecule has 0 fully saturated rings. The Hall–Kier alpha value is -1.46. The first-order chi connectivity index (χ1) is 8.99. The molecule has 0 spiro atoms. The SMILES string of the molecule is COc1ccc(CNC(C)(C)CO)c(OC)c1OC. The molecule has 0 saturated carbocycles. The number of hydrogen-bond acceptors (Lipinski definition) is 5. The Morgan fingerprint density at radius 3 is 2.16 bits per heavy atom. The predicted octanol–water partition coefficient (Wildman–Crippen LogP) is 1.57. The van der Waals surface area contributed by atoms with E-state index < -0.39 is 0 Å². The van der Waals surface area contributed by atoms with Crippen LogP contribution in [0.2, 0.25) is 0 Å². The van der Waals surface area contributed by atoms with Gasteiger partial charge in [0.2, 0.25) is 5.75 Å². The molecule has 1 rings (SSSR count). The molecule has 0 amide bonds. The minimum atomic E-state index is -0.349. The topological polar surface area (TPSA) is 60.0 Å². The van der Waals surface area contributed by atoms with Gasteiger partial charge in [-0.1, -0.05) is 6.07 Å². The van der Waals surface area contributed by atoms with E-state index in [0.29, 0.717) is 23.8 Å². The Morgan fingerprint density at radius 1 is 1.05 bits per heavy atom. The highest BCUT2D eigenvalue weighted by atomic mass is 16.5. The van der Waals surface area contributed by atoms with Crippen molar-refractivity contribution in [2.45, 2.75) is 25.9 Å². The summed E-state index contributed by atoms with van der Waals surface area (Å²) in [5.41, 5.74) is 0.597. The van der Waals surface area contributed by atoms with Crippen molar-refractivity contribution in [1.29, 1.82) is 0 Å². The number of hydrogen-bond donors (Lipinski definition) is 2. The maximum absolute atomic E-state index is 9.24. The Labute approximate surface area is 114 Å². The lowest BCUT2D eigenvalue weighted by Crippen LogP contribution is -2.42. The third-order valence-corrected chi connectivity index (χ3v) is 2.94. The van der Waals surface area contributed by atoms with Gasteiger partial charge in [-0.2, -0.15) is 0 Å². The molecule has 108 valence electrons. The molecule has 1 aromatic carbocycles. The van der Waals surface area contributed by atoms with Crippen LogP contribution in [0.1, 0.15) is 19.4 Å². The highest BCUT2D eigenvalue weighted by molar-refractivity contribution is 5.55. The van der Waals surface area contributed by atoms with Crippen molar-refractivity contribution in [2.24, 2.45) is 0 Å². The van der Waals surface area contributed by atoms with Crippen molar-refractivity contribution in [3.05, 3.63) is 17.7 Å². The number of methoxy groups -OCH3 is 3. The Morgan fingerprint density at radius 2 is 1.68 bits per heavy atom. The van der Waals surface area contributed by atoms with Gasteiger partial charge >= 0.3 is 0 Å². The standard InChI is InChI=1S/C14H23NO4/c1-14(2,9-16)15-8-10-6-7-11(17-3)13(19-5)12(10)18-4/h6-7,15-16H,8-9H2,1-5H3. The summed E-state index contributed by atoms with van der Waals surface area (Å²) in [6.07, 6.45) is 0. The molecule has 0 aliphatic rings. The normalized spacial score (nSPS) is 11.3. The number of benzene rings is 1. The minimum Gasteiger partial charge on any atom is -0.493 e. The lowest BCUT2D eigenvalue weighted by molar-refractivity contribution is 0.187. The summed E-state index contributed by atoms with van der Waals surface area (Å²) in [5.74, 6) is 1.85. The van der Waals surface area contributed by atoms with E-state index in [4.69, 9.17) is 14.2 Å². The number of nitrogens with one attached hydrogen (secondary N) is 1. The molecule has 0 aromatic heterocycles. The van der Waals surface area contributed by atoms with Gasteiger partial charge in [-0.15, -0.1) is 0 Å². The first-order valence-corrected chi connectivity index (χ1v) is 6.12. The van der Waals surface area contributed by atoms with Crippen molar-refractivity contribution in [3.63, 3.8) is 0 Å². The summed E-state index contributed by atoms with van der Waals surface area (Å²) in [4.78, 5) is 0. The summed E-state index contributed by atoms with van der Waals surface area (Å²) in [7, 11) is 4.76. The summed E-state index contributed by atoms with van der Waals surface area (Å²) >= 11 is 0. The second-order valence-corrected chi connectivity index (χ2v) is 4.89. The smallest absolute Gasteiger partial charge is 0.203 e. The maximum atomic E-state index is 9.24. The van der Waals surface area contributed by atoms with Crippen molar-refractivity contribution in [1.82, 2.24) is 5.32 Å². The molecule has 0 heterocycles. The van der Waals surface area contributed by atoms with E-state index in [1.54, 1.807) is 21.3 Å². The zero-order valence-corrected chi connectivity index (χ0v) is 12.2. The Kier molecular flexibility index (Phi) is 5.44. The van der Waals surface area contributed by atoms with Gasteiger partial charge in [0, 0.05) is 17.6 Å². The van der Waals surface area contributed by atoms with E-state index in [1.165, 1.54) is 0 Å². The lowest BCUT2D eigenvalue weighted by atomic mass is 10.1. The van der Waals surface area contributed by atoms with Crippen molar-refractivity contribution >= 4 is 0 Å². The Balaban J connectivity index is 3.01. The van der Waals surface area contributed by atoms with Crippen molar-refractivity contribution in [2.75, 3.05) is 27.9 Å². The zero-order valence-electron chi connectivity index (χ0n) is 12.2. The quantitative estimate of drug-likeness (QED) is 0.787. The fourth-order valence-corrected chi connectivity index (χ4v) is 1.69. The van der Waals surface area contributed by atoms with Gasteiger partial charge in [0.25, 0.3) is 0 Å². The molecular formula is C14H23NO4. The monoisotopic (exact) mass is 269 g/mol. The van der Waals surface area contributed by atoms with Crippen LogP contribution in [0.3, 0.4) is 0 Å². The molecule has 0 aliphatic carbocycles. The van der Waals surface area contributed by atoms with Gasteiger partial charge in [0.15, 0.2) is 11.5 Å². The van der Waals surface area contributed by atoms with Crippen LogP contribution < -0.4 is 19.5 Å². The minimum absolute atomic E-state index is 0.0581. The van der Waals surface area contributed by atoms with Crippen LogP contribution in [0.25, 0.3) is 0 Å². The second-order valence-electron chi connectivity index (χ2n) is 4.89. The van der Waals surface area contributed by atoms with E-state index in [9.17, 15) is 5.11 Å². The second kappa shape index (κ2) is 6.63. The molecule has 0 radical (unpaired) electrons. The van der Waals surface area contributed by atoms with Crippen LogP contribution in [0.4, 0.5) is 0 Å². The third kappa shape index (κ3) is 3.75. The van der Waals surface area contributed by atoms with Crippen LogP contribution in [0.15, 0.2) is 12.1 Å². The van der Waals surface area contributed by atoms with E-state index in [1.807, 2.05) is 26.0 Å². The molecule has 0 saturated heterocycles. The van der Waals surface area contributed by atoms with E-state index >= 15 is 0 Å². The van der Waals surface area contributed by atoms with Crippen molar-refractivity contribution < 1.29 is 19.3 Å². The molecule has 0 atom stereocenters. The molecule has 19 heavy (non-hydrogen) atoms. The zero-order chi connectivity index (χ0) is 14.5. The lowest BCUT2D eigenvalue weighted by Gasteiger charge is -2.24. The molecule has 5 heteroatoms. The molecular weight excluding hydrogens is 246 g/mol. The molecule has 5 nitrogen and oxygen atoms in total. The van der Waals surface area contributed by atoms with Crippen LogP contribution in [0, 0.1) is 0 Å². The van der Waals surface area contributed by atoms with E-state index in [0.717, 1.165) is 5.56 Å². The van der Waals surface area contributed by atoms with Crippen LogP contribution >= 0.6 is 0 Å². The number of aliphatic hydroxyl groups excluding tert-OH is 1. The highest BCUT2D eigenvalue weighted by Crippen LogP contribution is 2.39. The molecule has 1 aromatic rings. The third-order valence-electron chi connectivity index (χ3n) is 2.94. The average molecular weight is 269 g/mol. The fourth-order valence-electron chi connectivity index (χ4n) is 1.69. The largest absolute Gasteiger partial charge is 0.493 e. The van der Waals surface area contributed by atoms with E-state index in [2.05, 4.69) is 5.32 Å². The first-order valence-electron chi connectivity index (χ1n) is 6.12. The van der Waals surface area contributed by atoms with Crippen LogP contribution in [-0.2, 0) is 6.54 Å². The van der Waals surface area contributed by atoms with Gasteiger partial charge in [-0.05, 0) is 19.9 Å². The van der Waals surface area contributed by atoms with E-state index in [-0.39, 0.29) is 12.1 Å². The van der Waals surface area contributed by atoms with Crippen molar-refractivity contribution in [3.8, 4) is 17.2 Å². The Bertz CT molecular complexity index is 418. The average Bonchev–Trinajstić information content (AvgIpc) is 2.43.